The quantitative estimate of drug-likeness (QED) is 0.311. The van der Waals surface area contributed by atoms with Gasteiger partial charge in [-0.25, -0.2) is 0 Å². The molecule has 0 bridgehead atoms. The fourth-order valence-electron chi connectivity index (χ4n) is 0.559. The Morgan fingerprint density at radius 3 is 2.91 bits per heavy atom. The van der Waals surface area contributed by atoms with Crippen molar-refractivity contribution in [3.8, 4) is 0 Å². The Bertz CT molecular complexity index is 229. The molecule has 1 aromatic heterocycles. The Hall–Kier alpha value is -0.510. The van der Waals surface area contributed by atoms with Crippen LogP contribution >= 0.6 is 0 Å². The van der Waals surface area contributed by atoms with Crippen molar-refractivity contribution in [2.24, 2.45) is 5.16 Å². The van der Waals surface area contributed by atoms with Gasteiger partial charge in [0.2, 0.25) is 0 Å². The maximum Gasteiger partial charge on any atom is 1.00 e. The summed E-state index contributed by atoms with van der Waals surface area (Å²) in [6.45, 7) is 0. The first-order valence-electron chi connectivity index (χ1n) is 2.79. The van der Waals surface area contributed by atoms with Crippen LogP contribution in [-0.4, -0.2) is 6.21 Å². The zero-order chi connectivity index (χ0) is 7.23. The zero-order valence-electron chi connectivity index (χ0n) is 6.23. The molecule has 0 aromatic carbocycles. The van der Waals surface area contributed by atoms with Gasteiger partial charge in [0, 0.05) is 6.21 Å². The predicted molar refractivity (Wildman–Crippen MR) is 39.6 cm³/mol. The smallest absolute Gasteiger partial charge is 0.792 e. The van der Waals surface area contributed by atoms with E-state index in [9.17, 15) is 5.21 Å². The average molecular weight is 159 g/mol. The monoisotopic (exact) mass is 159 g/mol. The van der Waals surface area contributed by atoms with Crippen LogP contribution in [0.5, 0.6) is 0 Å². The van der Waals surface area contributed by atoms with Crippen LogP contribution in [0.2, 0.25) is 0 Å². The summed E-state index contributed by atoms with van der Waals surface area (Å²) in [6, 6.07) is 3.56. The van der Waals surface area contributed by atoms with Crippen molar-refractivity contribution in [2.45, 2.75) is 0 Å². The van der Waals surface area contributed by atoms with Crippen molar-refractivity contribution in [1.82, 2.24) is 0 Å². The Balaban J connectivity index is 0.000001000. The number of hydrogen-bond donors (Lipinski definition) is 0. The topological polar surface area (TPSA) is 48.6 Å². The van der Waals surface area contributed by atoms with E-state index >= 15 is 0 Å². The predicted octanol–water partition coefficient (Wildman–Crippen LogP) is -1.13. The molecule has 52 valence electrons. The summed E-state index contributed by atoms with van der Waals surface area (Å²) < 4.78 is 4.93. The molecule has 0 N–H and O–H groups in total. The van der Waals surface area contributed by atoms with Gasteiger partial charge >= 0.3 is 29.6 Å². The van der Waals surface area contributed by atoms with Crippen LogP contribution in [0.25, 0.3) is 6.08 Å². The van der Waals surface area contributed by atoms with Crippen LogP contribution in [-0.2, 0) is 0 Å². The molecule has 0 fully saturated rings. The molecule has 0 radical (unpaired) electrons. The fraction of sp³-hybridized carbons (Fsp3) is 0. The van der Waals surface area contributed by atoms with Gasteiger partial charge in [-0.2, -0.15) is 0 Å². The number of hydrogen-bond acceptors (Lipinski definition) is 3. The summed E-state index contributed by atoms with van der Waals surface area (Å²) in [6.07, 6.45) is 5.89. The van der Waals surface area contributed by atoms with Crippen molar-refractivity contribution >= 4 is 12.3 Å². The molecule has 0 saturated carbocycles. The van der Waals surface area contributed by atoms with Gasteiger partial charge in [0.25, 0.3) is 0 Å². The van der Waals surface area contributed by atoms with Crippen LogP contribution in [0, 0.1) is 5.21 Å². The molecule has 1 rings (SSSR count). The molecular formula is C7H6NNaO2. The number of nitrogens with zero attached hydrogens (tertiary/aromatic N) is 1. The molecule has 0 atom stereocenters. The van der Waals surface area contributed by atoms with Crippen LogP contribution < -0.4 is 29.6 Å². The second-order valence-corrected chi connectivity index (χ2v) is 1.63. The number of rotatable bonds is 2. The molecule has 0 aliphatic carbocycles. The molecule has 0 aliphatic heterocycles. The Morgan fingerprint density at radius 1 is 1.55 bits per heavy atom. The van der Waals surface area contributed by atoms with Crippen LogP contribution in [0.4, 0.5) is 0 Å². The van der Waals surface area contributed by atoms with E-state index in [0.29, 0.717) is 5.76 Å². The van der Waals surface area contributed by atoms with Crippen LogP contribution in [0.1, 0.15) is 5.76 Å². The minimum Gasteiger partial charge on any atom is -0.792 e. The summed E-state index contributed by atoms with van der Waals surface area (Å²) in [4.78, 5) is 0. The molecule has 1 aromatic rings. The SMILES string of the molecule is [Na+].[O-]/N=C\C=C\c1ccco1. The third kappa shape index (κ3) is 4.03. The standard InChI is InChI=1S/C7H7NO2.Na/c9-8-5-1-3-7-4-2-6-10-7;/h1-6,9H;/q;+1/p-1/b3-1+,8-5-;. The molecule has 0 saturated heterocycles. The molecule has 0 unspecified atom stereocenters. The average Bonchev–Trinajstić information content (AvgIpc) is 2.41. The maximum atomic E-state index is 9.55. The first kappa shape index (κ1) is 10.5. The number of allylic oxidation sites excluding steroid dienone is 1. The van der Waals surface area contributed by atoms with Gasteiger partial charge in [0.05, 0.1) is 6.26 Å². The second-order valence-electron chi connectivity index (χ2n) is 1.63. The first-order valence-corrected chi connectivity index (χ1v) is 2.79. The van der Waals surface area contributed by atoms with Gasteiger partial charge in [-0.1, -0.05) is 0 Å². The Morgan fingerprint density at radius 2 is 2.36 bits per heavy atom. The zero-order valence-corrected chi connectivity index (χ0v) is 8.23. The van der Waals surface area contributed by atoms with E-state index in [4.69, 9.17) is 4.42 Å². The molecule has 11 heavy (non-hydrogen) atoms. The molecule has 1 heterocycles. The molecule has 0 amide bonds. The minimum atomic E-state index is 0. The van der Waals surface area contributed by atoms with Gasteiger partial charge in [-0.3, -0.25) is 0 Å². The third-order valence-electron chi connectivity index (χ3n) is 0.951. The summed E-state index contributed by atoms with van der Waals surface area (Å²) in [5.74, 6) is 0.708. The van der Waals surface area contributed by atoms with Crippen molar-refractivity contribution in [1.29, 1.82) is 0 Å². The van der Waals surface area contributed by atoms with Crippen molar-refractivity contribution in [2.75, 3.05) is 0 Å². The Kier molecular flexibility index (Phi) is 5.93. The van der Waals surface area contributed by atoms with Gasteiger partial charge in [0.1, 0.15) is 5.76 Å². The summed E-state index contributed by atoms with van der Waals surface area (Å²) in [5.41, 5.74) is 0. The van der Waals surface area contributed by atoms with Gasteiger partial charge < -0.3 is 14.8 Å². The van der Waals surface area contributed by atoms with E-state index in [0.717, 1.165) is 6.21 Å². The van der Waals surface area contributed by atoms with Crippen LogP contribution in [0.15, 0.2) is 34.0 Å². The van der Waals surface area contributed by atoms with E-state index in [1.807, 2.05) is 0 Å². The fourth-order valence-corrected chi connectivity index (χ4v) is 0.559. The van der Waals surface area contributed by atoms with Gasteiger partial charge in [0.15, 0.2) is 0 Å². The third-order valence-corrected chi connectivity index (χ3v) is 0.951. The first-order chi connectivity index (χ1) is 4.93. The van der Waals surface area contributed by atoms with Crippen molar-refractivity contribution < 1.29 is 34.0 Å². The van der Waals surface area contributed by atoms with Crippen molar-refractivity contribution in [3.63, 3.8) is 0 Å². The molecule has 0 aliphatic rings. The summed E-state index contributed by atoms with van der Waals surface area (Å²) in [7, 11) is 0. The van der Waals surface area contributed by atoms with Gasteiger partial charge in [-0.15, -0.1) is 0 Å². The summed E-state index contributed by atoms with van der Waals surface area (Å²) in [5, 5.41) is 12.1. The minimum absolute atomic E-state index is 0. The maximum absolute atomic E-state index is 9.55. The molecule has 0 spiro atoms. The van der Waals surface area contributed by atoms with E-state index in [2.05, 4.69) is 5.16 Å². The number of furan rings is 1. The molecule has 3 nitrogen and oxygen atoms in total. The van der Waals surface area contributed by atoms with E-state index in [1.54, 1.807) is 24.5 Å². The van der Waals surface area contributed by atoms with E-state index in [1.165, 1.54) is 6.08 Å². The van der Waals surface area contributed by atoms with E-state index in [-0.39, 0.29) is 29.6 Å². The van der Waals surface area contributed by atoms with Gasteiger partial charge in [-0.05, 0) is 24.3 Å². The largest absolute Gasteiger partial charge is 1.00 e. The normalized spacial score (nSPS) is 10.5. The Labute approximate surface area is 86.7 Å². The van der Waals surface area contributed by atoms with Crippen LogP contribution in [0.3, 0.4) is 0 Å². The molecule has 4 heteroatoms. The summed E-state index contributed by atoms with van der Waals surface area (Å²) >= 11 is 0. The second kappa shape index (κ2) is 6.22. The van der Waals surface area contributed by atoms with Crippen molar-refractivity contribution in [3.05, 3.63) is 35.4 Å². The van der Waals surface area contributed by atoms with E-state index < -0.39 is 0 Å². The molecular weight excluding hydrogens is 153 g/mol.